The smallest absolute Gasteiger partial charge is 0.220 e. The number of β-amino-alcohol motifs (C(OH)–C–C–N with tert-alkyl or cyclic N) is 1. The number of para-hydroxylation sites is 1. The Labute approximate surface area is 123 Å². The van der Waals surface area contributed by atoms with E-state index in [1.165, 1.54) is 12.1 Å². The number of rotatable bonds is 6. The first-order valence-corrected chi connectivity index (χ1v) is 7.13. The number of nitrogens with two attached hydrogens (primary N) is 1. The van der Waals surface area contributed by atoms with Crippen molar-refractivity contribution in [1.29, 1.82) is 0 Å². The van der Waals surface area contributed by atoms with Crippen LogP contribution in [0.25, 0.3) is 0 Å². The first-order chi connectivity index (χ1) is 10.1. The Morgan fingerprint density at radius 1 is 1.43 bits per heavy atom. The molecule has 0 aromatic heterocycles. The number of carbonyl (C=O) groups excluding carboxylic acids is 1. The number of amides is 1. The number of ether oxygens (including phenoxy) is 1. The SMILES string of the molecule is NC(=O)C1CCN(C[C@H](O)COc2ccccc2F)CC1. The second-order valence-corrected chi connectivity index (χ2v) is 5.37. The number of hydrogen-bond acceptors (Lipinski definition) is 4. The van der Waals surface area contributed by atoms with Crippen molar-refractivity contribution in [3.05, 3.63) is 30.1 Å². The van der Waals surface area contributed by atoms with E-state index in [0.717, 1.165) is 25.9 Å². The summed E-state index contributed by atoms with van der Waals surface area (Å²) >= 11 is 0. The molecule has 1 aliphatic heterocycles. The lowest BCUT2D eigenvalue weighted by atomic mass is 9.96. The van der Waals surface area contributed by atoms with Crippen molar-refractivity contribution in [3.8, 4) is 5.75 Å². The maximum Gasteiger partial charge on any atom is 0.220 e. The van der Waals surface area contributed by atoms with Gasteiger partial charge in [0.2, 0.25) is 5.91 Å². The molecule has 0 aliphatic carbocycles. The van der Waals surface area contributed by atoms with Crippen molar-refractivity contribution in [3.63, 3.8) is 0 Å². The van der Waals surface area contributed by atoms with Crippen LogP contribution in [0.2, 0.25) is 0 Å². The van der Waals surface area contributed by atoms with Crippen molar-refractivity contribution in [2.24, 2.45) is 11.7 Å². The average molecular weight is 296 g/mol. The minimum atomic E-state index is -0.699. The van der Waals surface area contributed by atoms with E-state index in [-0.39, 0.29) is 24.2 Å². The summed E-state index contributed by atoms with van der Waals surface area (Å²) in [4.78, 5) is 13.1. The second-order valence-electron chi connectivity index (χ2n) is 5.37. The van der Waals surface area contributed by atoms with E-state index in [1.807, 2.05) is 0 Å². The molecule has 2 rings (SSSR count). The summed E-state index contributed by atoms with van der Waals surface area (Å²) in [6.07, 6.45) is 0.738. The number of hydrogen-bond donors (Lipinski definition) is 2. The zero-order chi connectivity index (χ0) is 15.2. The van der Waals surface area contributed by atoms with Gasteiger partial charge in [-0.3, -0.25) is 4.79 Å². The maximum absolute atomic E-state index is 13.4. The summed E-state index contributed by atoms with van der Waals surface area (Å²) in [7, 11) is 0. The molecule has 21 heavy (non-hydrogen) atoms. The average Bonchev–Trinajstić information content (AvgIpc) is 2.47. The zero-order valence-corrected chi connectivity index (χ0v) is 11.9. The number of aliphatic hydroxyl groups excluding tert-OH is 1. The standard InChI is InChI=1S/C15H21FN2O3/c16-13-3-1-2-4-14(13)21-10-12(19)9-18-7-5-11(6-8-18)15(17)20/h1-4,11-12,19H,5-10H2,(H2,17,20)/t12-/m0/s1. The molecule has 1 heterocycles. The number of carbonyl (C=O) groups is 1. The second kappa shape index (κ2) is 7.38. The molecule has 1 fully saturated rings. The third-order valence-corrected chi connectivity index (χ3v) is 3.73. The molecular weight excluding hydrogens is 275 g/mol. The Bertz CT molecular complexity index is 476. The van der Waals surface area contributed by atoms with Crippen molar-refractivity contribution < 1.29 is 19.0 Å². The van der Waals surface area contributed by atoms with E-state index >= 15 is 0 Å². The molecule has 1 aromatic carbocycles. The number of nitrogens with zero attached hydrogens (tertiary/aromatic N) is 1. The molecule has 0 unspecified atom stereocenters. The molecule has 1 aliphatic rings. The predicted octanol–water partition coefficient (Wildman–Crippen LogP) is 0.763. The third-order valence-electron chi connectivity index (χ3n) is 3.73. The minimum Gasteiger partial charge on any atom is -0.488 e. The fourth-order valence-corrected chi connectivity index (χ4v) is 2.50. The molecule has 1 atom stereocenters. The van der Waals surface area contributed by atoms with Gasteiger partial charge in [-0.2, -0.15) is 0 Å². The van der Waals surface area contributed by atoms with E-state index in [1.54, 1.807) is 12.1 Å². The highest BCUT2D eigenvalue weighted by atomic mass is 19.1. The Morgan fingerprint density at radius 3 is 2.71 bits per heavy atom. The molecule has 0 radical (unpaired) electrons. The van der Waals surface area contributed by atoms with Crippen molar-refractivity contribution in [2.75, 3.05) is 26.2 Å². The van der Waals surface area contributed by atoms with Gasteiger partial charge in [-0.15, -0.1) is 0 Å². The summed E-state index contributed by atoms with van der Waals surface area (Å²) in [5, 5.41) is 9.95. The van der Waals surface area contributed by atoms with Gasteiger partial charge in [-0.05, 0) is 38.1 Å². The lowest BCUT2D eigenvalue weighted by Crippen LogP contribution is -2.43. The predicted molar refractivity (Wildman–Crippen MR) is 76.3 cm³/mol. The van der Waals surface area contributed by atoms with E-state index in [0.29, 0.717) is 6.54 Å². The molecule has 5 nitrogen and oxygen atoms in total. The normalized spacial score (nSPS) is 18.4. The number of halogens is 1. The summed E-state index contributed by atoms with van der Waals surface area (Å²) in [5.41, 5.74) is 5.28. The van der Waals surface area contributed by atoms with Crippen LogP contribution in [-0.2, 0) is 4.79 Å². The molecule has 1 aromatic rings. The monoisotopic (exact) mass is 296 g/mol. The molecule has 3 N–H and O–H groups in total. The third kappa shape index (κ3) is 4.68. The van der Waals surface area contributed by atoms with Gasteiger partial charge in [0.05, 0.1) is 0 Å². The van der Waals surface area contributed by atoms with Gasteiger partial charge in [-0.1, -0.05) is 12.1 Å². The van der Waals surface area contributed by atoms with Gasteiger partial charge >= 0.3 is 0 Å². The van der Waals surface area contributed by atoms with Crippen LogP contribution in [0.15, 0.2) is 24.3 Å². The molecular formula is C15H21FN2O3. The Kier molecular flexibility index (Phi) is 5.52. The number of piperidine rings is 1. The van der Waals surface area contributed by atoms with Gasteiger partial charge in [-0.25, -0.2) is 4.39 Å². The highest BCUT2D eigenvalue weighted by molar-refractivity contribution is 5.76. The number of benzene rings is 1. The molecule has 0 bridgehead atoms. The van der Waals surface area contributed by atoms with Crippen LogP contribution < -0.4 is 10.5 Å². The Balaban J connectivity index is 1.72. The molecule has 6 heteroatoms. The van der Waals surface area contributed by atoms with Crippen LogP contribution in [-0.4, -0.2) is 48.3 Å². The largest absolute Gasteiger partial charge is 0.488 e. The quantitative estimate of drug-likeness (QED) is 0.813. The highest BCUT2D eigenvalue weighted by Gasteiger charge is 2.24. The number of aliphatic hydroxyl groups is 1. The van der Waals surface area contributed by atoms with Crippen LogP contribution in [0, 0.1) is 11.7 Å². The van der Waals surface area contributed by atoms with Crippen LogP contribution in [0.1, 0.15) is 12.8 Å². The Hall–Kier alpha value is -1.66. The summed E-state index contributed by atoms with van der Waals surface area (Å²) in [5.74, 6) is -0.609. The summed E-state index contributed by atoms with van der Waals surface area (Å²) in [6.45, 7) is 1.94. The van der Waals surface area contributed by atoms with Crippen LogP contribution in [0.5, 0.6) is 5.75 Å². The van der Waals surface area contributed by atoms with E-state index in [9.17, 15) is 14.3 Å². The maximum atomic E-state index is 13.4. The van der Waals surface area contributed by atoms with Crippen LogP contribution >= 0.6 is 0 Å². The number of primary amides is 1. The lowest BCUT2D eigenvalue weighted by Gasteiger charge is -2.31. The number of likely N-dealkylation sites (tertiary alicyclic amines) is 1. The summed E-state index contributed by atoms with van der Waals surface area (Å²) < 4.78 is 18.6. The van der Waals surface area contributed by atoms with E-state index in [2.05, 4.69) is 4.90 Å². The summed E-state index contributed by atoms with van der Waals surface area (Å²) in [6, 6.07) is 6.11. The van der Waals surface area contributed by atoms with Crippen molar-refractivity contribution in [2.45, 2.75) is 18.9 Å². The van der Waals surface area contributed by atoms with Gasteiger partial charge in [0, 0.05) is 12.5 Å². The molecule has 116 valence electrons. The Morgan fingerprint density at radius 2 is 2.10 bits per heavy atom. The fraction of sp³-hybridized carbons (Fsp3) is 0.533. The molecule has 1 saturated heterocycles. The highest BCUT2D eigenvalue weighted by Crippen LogP contribution is 2.18. The first-order valence-electron chi connectivity index (χ1n) is 7.13. The fourth-order valence-electron chi connectivity index (χ4n) is 2.50. The van der Waals surface area contributed by atoms with Gasteiger partial charge in [0.25, 0.3) is 0 Å². The first kappa shape index (κ1) is 15.7. The molecule has 0 spiro atoms. The molecule has 1 amide bonds. The van der Waals surface area contributed by atoms with Crippen molar-refractivity contribution in [1.82, 2.24) is 4.90 Å². The molecule has 0 saturated carbocycles. The van der Waals surface area contributed by atoms with Gasteiger partial charge in [0.15, 0.2) is 11.6 Å². The van der Waals surface area contributed by atoms with Crippen LogP contribution in [0.4, 0.5) is 4.39 Å². The van der Waals surface area contributed by atoms with E-state index < -0.39 is 11.9 Å². The van der Waals surface area contributed by atoms with Crippen LogP contribution in [0.3, 0.4) is 0 Å². The van der Waals surface area contributed by atoms with Gasteiger partial charge < -0.3 is 20.5 Å². The lowest BCUT2D eigenvalue weighted by molar-refractivity contribution is -0.123. The van der Waals surface area contributed by atoms with E-state index in [4.69, 9.17) is 10.5 Å². The zero-order valence-electron chi connectivity index (χ0n) is 11.9. The minimum absolute atomic E-state index is 0.0384. The topological polar surface area (TPSA) is 75.8 Å². The van der Waals surface area contributed by atoms with Crippen molar-refractivity contribution >= 4 is 5.91 Å². The van der Waals surface area contributed by atoms with Gasteiger partial charge in [0.1, 0.15) is 12.7 Å².